The molecule has 0 saturated carbocycles. The fourth-order valence-electron chi connectivity index (χ4n) is 1.14. The minimum atomic E-state index is 0.654. The highest BCUT2D eigenvalue weighted by Gasteiger charge is 2.07. The van der Waals surface area contributed by atoms with Crippen LogP contribution in [-0.2, 0) is 0 Å². The zero-order chi connectivity index (χ0) is 9.84. The highest BCUT2D eigenvalue weighted by Crippen LogP contribution is 2.18. The summed E-state index contributed by atoms with van der Waals surface area (Å²) in [5.41, 5.74) is 2.72. The Morgan fingerprint density at radius 2 is 2.23 bits per heavy atom. The largest absolute Gasteiger partial charge is 0.369 e. The van der Waals surface area contributed by atoms with Crippen LogP contribution in [0.25, 0.3) is 0 Å². The van der Waals surface area contributed by atoms with Crippen LogP contribution < -0.4 is 5.32 Å². The molecule has 1 N–H and O–H groups in total. The zero-order valence-corrected chi connectivity index (χ0v) is 8.18. The predicted octanol–water partition coefficient (Wildman–Crippen LogP) is 2.00. The molecule has 0 fully saturated rings. The lowest BCUT2D eigenvalue weighted by molar-refractivity contribution is 1.12. The molecule has 0 aromatic carbocycles. The monoisotopic (exact) mass is 175 g/mol. The topological polar surface area (TPSA) is 48.7 Å². The van der Waals surface area contributed by atoms with Crippen LogP contribution in [0.5, 0.6) is 0 Å². The summed E-state index contributed by atoms with van der Waals surface area (Å²) in [5.74, 6) is 0.688. The van der Waals surface area contributed by atoms with Gasteiger partial charge in [0.1, 0.15) is 11.9 Å². The number of hydrogen-bond acceptors (Lipinski definition) is 3. The van der Waals surface area contributed by atoms with Gasteiger partial charge in [-0.2, -0.15) is 5.26 Å². The molecule has 1 aromatic rings. The van der Waals surface area contributed by atoms with Crippen LogP contribution >= 0.6 is 0 Å². The van der Waals surface area contributed by atoms with Crippen molar-refractivity contribution in [1.82, 2.24) is 4.98 Å². The molecule has 13 heavy (non-hydrogen) atoms. The molecule has 0 spiro atoms. The first-order chi connectivity index (χ1) is 6.20. The first-order valence-corrected chi connectivity index (χ1v) is 4.30. The van der Waals surface area contributed by atoms with Crippen molar-refractivity contribution >= 4 is 5.82 Å². The first-order valence-electron chi connectivity index (χ1n) is 4.30. The second-order valence-electron chi connectivity index (χ2n) is 2.93. The summed E-state index contributed by atoms with van der Waals surface area (Å²) in [4.78, 5) is 4.17. The van der Waals surface area contributed by atoms with E-state index in [1.807, 2.05) is 20.8 Å². The van der Waals surface area contributed by atoms with Crippen molar-refractivity contribution in [3.05, 3.63) is 22.9 Å². The summed E-state index contributed by atoms with van der Waals surface area (Å²) >= 11 is 0. The number of aromatic nitrogens is 1. The number of rotatable bonds is 2. The fourth-order valence-corrected chi connectivity index (χ4v) is 1.14. The molecule has 1 heterocycles. The predicted molar refractivity (Wildman–Crippen MR) is 52.6 cm³/mol. The van der Waals surface area contributed by atoms with Gasteiger partial charge in [-0.15, -0.1) is 0 Å². The van der Waals surface area contributed by atoms with Crippen molar-refractivity contribution in [1.29, 1.82) is 5.26 Å². The number of hydrogen-bond donors (Lipinski definition) is 1. The van der Waals surface area contributed by atoms with E-state index in [4.69, 9.17) is 5.26 Å². The number of anilines is 1. The standard InChI is InChI=1S/C10H13N3/c1-4-12-10-9(5-11)8(3)7(2)6-13-10/h6H,4H2,1-3H3,(H,12,13). The van der Waals surface area contributed by atoms with E-state index in [1.54, 1.807) is 6.20 Å². The van der Waals surface area contributed by atoms with Gasteiger partial charge in [0.05, 0.1) is 5.56 Å². The Balaban J connectivity index is 3.23. The van der Waals surface area contributed by atoms with E-state index in [1.165, 1.54) is 0 Å². The molecule has 1 rings (SSSR count). The molecule has 0 aliphatic heterocycles. The minimum Gasteiger partial charge on any atom is -0.369 e. The molecule has 3 heteroatoms. The number of pyridine rings is 1. The molecule has 0 saturated heterocycles. The second-order valence-corrected chi connectivity index (χ2v) is 2.93. The van der Waals surface area contributed by atoms with Crippen LogP contribution in [0.15, 0.2) is 6.20 Å². The van der Waals surface area contributed by atoms with Crippen LogP contribution in [0.2, 0.25) is 0 Å². The van der Waals surface area contributed by atoms with Gasteiger partial charge in [0, 0.05) is 12.7 Å². The van der Waals surface area contributed by atoms with E-state index in [-0.39, 0.29) is 0 Å². The SMILES string of the molecule is CCNc1ncc(C)c(C)c1C#N. The molecule has 1 aromatic heterocycles. The Kier molecular flexibility index (Phi) is 2.86. The molecule has 0 aliphatic carbocycles. The molecule has 68 valence electrons. The summed E-state index contributed by atoms with van der Waals surface area (Å²) in [6.45, 7) is 6.66. The van der Waals surface area contributed by atoms with Crippen molar-refractivity contribution in [3.8, 4) is 6.07 Å². The van der Waals surface area contributed by atoms with E-state index in [0.29, 0.717) is 11.4 Å². The fraction of sp³-hybridized carbons (Fsp3) is 0.400. The second kappa shape index (κ2) is 3.90. The molecule has 0 atom stereocenters. The van der Waals surface area contributed by atoms with Crippen LogP contribution in [0.4, 0.5) is 5.82 Å². The lowest BCUT2D eigenvalue weighted by atomic mass is 10.1. The third-order valence-corrected chi connectivity index (χ3v) is 2.05. The lowest BCUT2D eigenvalue weighted by Gasteiger charge is -2.08. The van der Waals surface area contributed by atoms with E-state index in [9.17, 15) is 0 Å². The third kappa shape index (κ3) is 1.78. The van der Waals surface area contributed by atoms with Gasteiger partial charge in [0.15, 0.2) is 0 Å². The van der Waals surface area contributed by atoms with Crippen LogP contribution in [0.3, 0.4) is 0 Å². The third-order valence-electron chi connectivity index (χ3n) is 2.05. The van der Waals surface area contributed by atoms with Gasteiger partial charge >= 0.3 is 0 Å². The van der Waals surface area contributed by atoms with Crippen LogP contribution in [-0.4, -0.2) is 11.5 Å². The molecule has 0 bridgehead atoms. The Labute approximate surface area is 78.4 Å². The normalized spacial score (nSPS) is 9.38. The Morgan fingerprint density at radius 3 is 2.77 bits per heavy atom. The van der Waals surface area contributed by atoms with Gasteiger partial charge in [-0.25, -0.2) is 4.98 Å². The van der Waals surface area contributed by atoms with E-state index in [2.05, 4.69) is 16.4 Å². The summed E-state index contributed by atoms with van der Waals surface area (Å²) in [5, 5.41) is 12.0. The zero-order valence-electron chi connectivity index (χ0n) is 8.18. The van der Waals surface area contributed by atoms with Gasteiger partial charge in [-0.1, -0.05) is 0 Å². The Hall–Kier alpha value is -1.56. The number of nitrogens with zero attached hydrogens (tertiary/aromatic N) is 2. The summed E-state index contributed by atoms with van der Waals surface area (Å²) < 4.78 is 0. The molecular weight excluding hydrogens is 162 g/mol. The van der Waals surface area contributed by atoms with E-state index in [0.717, 1.165) is 17.7 Å². The van der Waals surface area contributed by atoms with Crippen molar-refractivity contribution in [2.24, 2.45) is 0 Å². The maximum Gasteiger partial charge on any atom is 0.144 e. The smallest absolute Gasteiger partial charge is 0.144 e. The minimum absolute atomic E-state index is 0.654. The molecule has 0 amide bonds. The van der Waals surface area contributed by atoms with Crippen molar-refractivity contribution in [2.75, 3.05) is 11.9 Å². The lowest BCUT2D eigenvalue weighted by Crippen LogP contribution is -2.04. The van der Waals surface area contributed by atoms with E-state index < -0.39 is 0 Å². The molecular formula is C10H13N3. The first kappa shape index (κ1) is 9.53. The number of aryl methyl sites for hydroxylation is 1. The highest BCUT2D eigenvalue weighted by atomic mass is 15.0. The average molecular weight is 175 g/mol. The van der Waals surface area contributed by atoms with Crippen molar-refractivity contribution in [3.63, 3.8) is 0 Å². The van der Waals surface area contributed by atoms with Crippen LogP contribution in [0, 0.1) is 25.2 Å². The van der Waals surface area contributed by atoms with Gasteiger partial charge in [0.2, 0.25) is 0 Å². The van der Waals surface area contributed by atoms with Gasteiger partial charge < -0.3 is 5.32 Å². The molecule has 3 nitrogen and oxygen atoms in total. The average Bonchev–Trinajstić information content (AvgIpc) is 2.12. The van der Waals surface area contributed by atoms with Crippen LogP contribution in [0.1, 0.15) is 23.6 Å². The number of nitrogens with one attached hydrogen (secondary N) is 1. The summed E-state index contributed by atoms with van der Waals surface area (Å²) in [6.07, 6.45) is 1.79. The van der Waals surface area contributed by atoms with Crippen molar-refractivity contribution < 1.29 is 0 Å². The van der Waals surface area contributed by atoms with Gasteiger partial charge in [-0.3, -0.25) is 0 Å². The maximum absolute atomic E-state index is 8.92. The van der Waals surface area contributed by atoms with Gasteiger partial charge in [-0.05, 0) is 31.9 Å². The summed E-state index contributed by atoms with van der Waals surface area (Å²) in [6, 6.07) is 2.16. The summed E-state index contributed by atoms with van der Waals surface area (Å²) in [7, 11) is 0. The van der Waals surface area contributed by atoms with Gasteiger partial charge in [0.25, 0.3) is 0 Å². The number of nitriles is 1. The Bertz CT molecular complexity index is 350. The molecule has 0 unspecified atom stereocenters. The molecule has 0 radical (unpaired) electrons. The quantitative estimate of drug-likeness (QED) is 0.747. The maximum atomic E-state index is 8.92. The van der Waals surface area contributed by atoms with Crippen molar-refractivity contribution in [2.45, 2.75) is 20.8 Å². The highest BCUT2D eigenvalue weighted by molar-refractivity contribution is 5.57. The Morgan fingerprint density at radius 1 is 1.54 bits per heavy atom. The van der Waals surface area contributed by atoms with E-state index >= 15 is 0 Å². The molecule has 0 aliphatic rings.